The molecule has 7 nitrogen and oxygen atoms in total. The molecule has 0 spiro atoms. The second-order valence-electron chi connectivity index (χ2n) is 6.92. The van der Waals surface area contributed by atoms with E-state index >= 15 is 0 Å². The largest absolute Gasteiger partial charge is 0.493 e. The fourth-order valence-electron chi connectivity index (χ4n) is 3.07. The number of halogens is 1. The fraction of sp³-hybridized carbons (Fsp3) is 0.125. The van der Waals surface area contributed by atoms with Crippen LogP contribution in [0.15, 0.2) is 83.7 Å². The average Bonchev–Trinajstić information content (AvgIpc) is 3.37. The molecule has 0 saturated heterocycles. The van der Waals surface area contributed by atoms with Crippen LogP contribution >= 0.6 is 15.9 Å². The van der Waals surface area contributed by atoms with Crippen LogP contribution in [0.4, 0.5) is 0 Å². The number of aromatic nitrogens is 3. The molecule has 0 aliphatic rings. The molecule has 4 aromatic rings. The Kier molecular flexibility index (Phi) is 6.81. The zero-order valence-electron chi connectivity index (χ0n) is 17.4. The molecule has 0 radical (unpaired) electrons. The molecule has 162 valence electrons. The van der Waals surface area contributed by atoms with Crippen molar-refractivity contribution in [2.24, 2.45) is 0 Å². The van der Waals surface area contributed by atoms with E-state index in [2.05, 4.69) is 31.3 Å². The Morgan fingerprint density at radius 1 is 1.09 bits per heavy atom. The summed E-state index contributed by atoms with van der Waals surface area (Å²) in [5.74, 6) is 1.51. The molecule has 1 amide bonds. The van der Waals surface area contributed by atoms with Crippen LogP contribution in [0.1, 0.15) is 21.5 Å². The van der Waals surface area contributed by atoms with Crippen molar-refractivity contribution < 1.29 is 14.3 Å². The van der Waals surface area contributed by atoms with E-state index in [4.69, 9.17) is 9.47 Å². The van der Waals surface area contributed by atoms with Crippen LogP contribution in [0.2, 0.25) is 0 Å². The molecule has 0 unspecified atom stereocenters. The van der Waals surface area contributed by atoms with E-state index in [1.165, 1.54) is 0 Å². The SMILES string of the molecule is COc1cc(C(=O)NCc2ccc(-n3cccn3)nc2)cc(Br)c1OCc1ccccc1. The Bertz CT molecular complexity index is 1180. The van der Waals surface area contributed by atoms with Crippen LogP contribution in [0.25, 0.3) is 5.82 Å². The number of benzene rings is 2. The van der Waals surface area contributed by atoms with Gasteiger partial charge in [-0.3, -0.25) is 4.79 Å². The molecule has 0 aliphatic heterocycles. The highest BCUT2D eigenvalue weighted by Crippen LogP contribution is 2.37. The molecule has 0 bridgehead atoms. The van der Waals surface area contributed by atoms with Gasteiger partial charge in [0.05, 0.1) is 11.6 Å². The molecule has 2 heterocycles. The molecule has 0 saturated carbocycles. The van der Waals surface area contributed by atoms with E-state index < -0.39 is 0 Å². The maximum atomic E-state index is 12.7. The number of nitrogens with one attached hydrogen (secondary N) is 1. The lowest BCUT2D eigenvalue weighted by atomic mass is 10.1. The number of rotatable bonds is 8. The molecule has 8 heteroatoms. The summed E-state index contributed by atoms with van der Waals surface area (Å²) in [5.41, 5.74) is 2.38. The molecule has 0 atom stereocenters. The summed E-state index contributed by atoms with van der Waals surface area (Å²) < 4.78 is 13.7. The van der Waals surface area contributed by atoms with Gasteiger partial charge in [0.15, 0.2) is 17.3 Å². The molecule has 2 aromatic carbocycles. The number of carbonyl (C=O) groups excluding carboxylic acids is 1. The Balaban J connectivity index is 1.41. The molecule has 32 heavy (non-hydrogen) atoms. The van der Waals surface area contributed by atoms with E-state index in [0.717, 1.165) is 11.1 Å². The first kappa shape index (κ1) is 21.6. The van der Waals surface area contributed by atoms with E-state index in [1.807, 2.05) is 54.7 Å². The Labute approximate surface area is 194 Å². The lowest BCUT2D eigenvalue weighted by Gasteiger charge is -2.14. The molecule has 2 aromatic heterocycles. The van der Waals surface area contributed by atoms with E-state index in [1.54, 1.807) is 36.3 Å². The van der Waals surface area contributed by atoms with Crippen molar-refractivity contribution in [3.05, 3.63) is 100 Å². The zero-order valence-corrected chi connectivity index (χ0v) is 19.0. The number of ether oxygens (including phenoxy) is 2. The highest BCUT2D eigenvalue weighted by atomic mass is 79.9. The summed E-state index contributed by atoms with van der Waals surface area (Å²) in [4.78, 5) is 17.1. The first-order valence-electron chi connectivity index (χ1n) is 9.91. The number of hydrogen-bond donors (Lipinski definition) is 1. The third-order valence-electron chi connectivity index (χ3n) is 4.72. The van der Waals surface area contributed by atoms with Crippen LogP contribution in [0.5, 0.6) is 11.5 Å². The number of hydrogen-bond acceptors (Lipinski definition) is 5. The lowest BCUT2D eigenvalue weighted by molar-refractivity contribution is 0.0950. The second-order valence-corrected chi connectivity index (χ2v) is 7.78. The summed E-state index contributed by atoms with van der Waals surface area (Å²) in [5, 5.41) is 7.06. The Hall–Kier alpha value is -3.65. The molecule has 4 rings (SSSR count). The predicted octanol–water partition coefficient (Wildman–Crippen LogP) is 4.55. The average molecular weight is 493 g/mol. The normalized spacial score (nSPS) is 10.6. The minimum absolute atomic E-state index is 0.227. The smallest absolute Gasteiger partial charge is 0.251 e. The molecule has 1 N–H and O–H groups in total. The highest BCUT2D eigenvalue weighted by molar-refractivity contribution is 9.10. The van der Waals surface area contributed by atoms with Gasteiger partial charge in [-0.05, 0) is 51.3 Å². The minimum Gasteiger partial charge on any atom is -0.493 e. The molecular formula is C24H21BrN4O3. The van der Waals surface area contributed by atoms with Gasteiger partial charge < -0.3 is 14.8 Å². The molecular weight excluding hydrogens is 472 g/mol. The van der Waals surface area contributed by atoms with Crippen LogP contribution in [0, 0.1) is 0 Å². The highest BCUT2D eigenvalue weighted by Gasteiger charge is 2.16. The van der Waals surface area contributed by atoms with Gasteiger partial charge in [0.1, 0.15) is 6.61 Å². The van der Waals surface area contributed by atoms with Crippen molar-refractivity contribution in [2.45, 2.75) is 13.2 Å². The monoisotopic (exact) mass is 492 g/mol. The predicted molar refractivity (Wildman–Crippen MR) is 124 cm³/mol. The minimum atomic E-state index is -0.227. The Morgan fingerprint density at radius 3 is 2.62 bits per heavy atom. The quantitative estimate of drug-likeness (QED) is 0.390. The topological polar surface area (TPSA) is 78.3 Å². The lowest BCUT2D eigenvalue weighted by Crippen LogP contribution is -2.23. The van der Waals surface area contributed by atoms with E-state index in [9.17, 15) is 4.79 Å². The summed E-state index contributed by atoms with van der Waals surface area (Å²) in [6.07, 6.45) is 5.23. The Morgan fingerprint density at radius 2 is 1.94 bits per heavy atom. The number of nitrogens with zero attached hydrogens (tertiary/aromatic N) is 3. The second kappa shape index (κ2) is 10.1. The van der Waals surface area contributed by atoms with Gasteiger partial charge in [0.2, 0.25) is 0 Å². The van der Waals surface area contributed by atoms with Crippen LogP contribution in [-0.2, 0) is 13.2 Å². The van der Waals surface area contributed by atoms with Crippen molar-refractivity contribution in [1.82, 2.24) is 20.1 Å². The van der Waals surface area contributed by atoms with Crippen molar-refractivity contribution in [3.8, 4) is 17.3 Å². The van der Waals surface area contributed by atoms with Gasteiger partial charge in [0, 0.05) is 30.7 Å². The zero-order chi connectivity index (χ0) is 22.3. The van der Waals surface area contributed by atoms with E-state index in [0.29, 0.717) is 40.5 Å². The van der Waals surface area contributed by atoms with Crippen LogP contribution < -0.4 is 14.8 Å². The van der Waals surface area contributed by atoms with Crippen molar-refractivity contribution in [1.29, 1.82) is 0 Å². The summed E-state index contributed by atoms with van der Waals surface area (Å²) in [7, 11) is 1.55. The van der Waals surface area contributed by atoms with Gasteiger partial charge in [-0.15, -0.1) is 0 Å². The standard InChI is InChI=1S/C24H21BrN4O3/c1-31-21-13-19(12-20(25)23(21)32-16-17-6-3-2-4-7-17)24(30)27-15-18-8-9-22(26-14-18)29-11-5-10-28-29/h2-14H,15-16H2,1H3,(H,27,30). The van der Waals surface area contributed by atoms with Gasteiger partial charge in [-0.1, -0.05) is 36.4 Å². The van der Waals surface area contributed by atoms with E-state index in [-0.39, 0.29) is 5.91 Å². The third kappa shape index (κ3) is 5.15. The first-order valence-corrected chi connectivity index (χ1v) is 10.7. The summed E-state index contributed by atoms with van der Waals surface area (Å²) in [6, 6.07) is 18.8. The summed E-state index contributed by atoms with van der Waals surface area (Å²) in [6.45, 7) is 0.736. The van der Waals surface area contributed by atoms with Crippen LogP contribution in [0.3, 0.4) is 0 Å². The maximum Gasteiger partial charge on any atom is 0.251 e. The third-order valence-corrected chi connectivity index (χ3v) is 5.31. The fourth-order valence-corrected chi connectivity index (χ4v) is 3.62. The van der Waals surface area contributed by atoms with Gasteiger partial charge in [-0.25, -0.2) is 9.67 Å². The van der Waals surface area contributed by atoms with Crippen molar-refractivity contribution in [2.75, 3.05) is 7.11 Å². The van der Waals surface area contributed by atoms with Crippen molar-refractivity contribution >= 4 is 21.8 Å². The summed E-state index contributed by atoms with van der Waals surface area (Å²) >= 11 is 3.50. The number of methoxy groups -OCH3 is 1. The van der Waals surface area contributed by atoms with Gasteiger partial charge in [0.25, 0.3) is 5.91 Å². The first-order chi connectivity index (χ1) is 15.6. The molecule has 0 aliphatic carbocycles. The van der Waals surface area contributed by atoms with Crippen molar-refractivity contribution in [3.63, 3.8) is 0 Å². The molecule has 0 fully saturated rings. The van der Waals surface area contributed by atoms with Crippen LogP contribution in [-0.4, -0.2) is 27.8 Å². The number of carbonyl (C=O) groups is 1. The van der Waals surface area contributed by atoms with Gasteiger partial charge >= 0.3 is 0 Å². The van der Waals surface area contributed by atoms with Gasteiger partial charge in [-0.2, -0.15) is 5.10 Å². The number of pyridine rings is 1. The number of amides is 1. The maximum absolute atomic E-state index is 12.7.